The van der Waals surface area contributed by atoms with Crippen molar-refractivity contribution in [2.24, 2.45) is 5.92 Å². The number of fused-ring (bicyclic) bond motifs is 1. The zero-order chi connectivity index (χ0) is 14.9. The maximum Gasteiger partial charge on any atom is 0.259 e. The zero-order valence-corrected chi connectivity index (χ0v) is 11.8. The maximum absolute atomic E-state index is 12.4. The Labute approximate surface area is 118 Å². The molecule has 0 aromatic heterocycles. The summed E-state index contributed by atoms with van der Waals surface area (Å²) in [6.45, 7) is 2.96. The summed E-state index contributed by atoms with van der Waals surface area (Å²) in [5.41, 5.74) is -1.70. The van der Waals surface area contributed by atoms with Gasteiger partial charge in [0.05, 0.1) is 11.5 Å². The van der Waals surface area contributed by atoms with Gasteiger partial charge in [0.2, 0.25) is 5.91 Å². The molecule has 6 heteroatoms. The zero-order valence-electron chi connectivity index (χ0n) is 11.8. The highest BCUT2D eigenvalue weighted by molar-refractivity contribution is 6.13. The van der Waals surface area contributed by atoms with E-state index < -0.39 is 17.6 Å². The molecule has 110 valence electrons. The van der Waals surface area contributed by atoms with Crippen molar-refractivity contribution in [3.8, 4) is 0 Å². The molecule has 6 nitrogen and oxygen atoms in total. The van der Waals surface area contributed by atoms with E-state index in [-0.39, 0.29) is 11.5 Å². The first-order valence-corrected chi connectivity index (χ1v) is 6.93. The van der Waals surface area contributed by atoms with E-state index in [1.165, 1.54) is 11.0 Å². The van der Waals surface area contributed by atoms with E-state index in [0.29, 0.717) is 25.8 Å². The molecule has 2 aliphatic heterocycles. The molecule has 0 aliphatic carbocycles. The Kier molecular flexibility index (Phi) is 3.94. The van der Waals surface area contributed by atoms with Gasteiger partial charge in [-0.1, -0.05) is 13.3 Å². The number of aliphatic hydroxyl groups is 1. The predicted octanol–water partition coefficient (Wildman–Crippen LogP) is -0.0791. The summed E-state index contributed by atoms with van der Waals surface area (Å²) in [6.07, 6.45) is 3.95. The van der Waals surface area contributed by atoms with Crippen molar-refractivity contribution in [1.82, 2.24) is 9.80 Å². The first kappa shape index (κ1) is 14.7. The molecule has 0 bridgehead atoms. The highest BCUT2D eigenvalue weighted by Crippen LogP contribution is 2.40. The van der Waals surface area contributed by atoms with Crippen LogP contribution in [0.25, 0.3) is 0 Å². The lowest BCUT2D eigenvalue weighted by atomic mass is 9.94. The molecule has 0 spiro atoms. The summed E-state index contributed by atoms with van der Waals surface area (Å²) >= 11 is 0. The van der Waals surface area contributed by atoms with Crippen LogP contribution < -0.4 is 0 Å². The lowest BCUT2D eigenvalue weighted by molar-refractivity contribution is -0.151. The molecular weight excluding hydrogens is 260 g/mol. The predicted molar refractivity (Wildman–Crippen MR) is 71.5 cm³/mol. The van der Waals surface area contributed by atoms with Crippen molar-refractivity contribution < 1.29 is 19.5 Å². The summed E-state index contributed by atoms with van der Waals surface area (Å²) in [7, 11) is 1.70. The van der Waals surface area contributed by atoms with Crippen LogP contribution in [0, 0.1) is 5.92 Å². The SMILES string of the molecule is CCCCN(C)C(=O)[C@@H]1CCN2C(=O)C(C=O)=CC12O. The molecule has 2 aliphatic rings. The van der Waals surface area contributed by atoms with Gasteiger partial charge in [-0.15, -0.1) is 0 Å². The highest BCUT2D eigenvalue weighted by atomic mass is 16.3. The molecule has 0 aromatic rings. The maximum atomic E-state index is 12.4. The summed E-state index contributed by atoms with van der Waals surface area (Å²) in [5.74, 6) is -1.36. The van der Waals surface area contributed by atoms with E-state index in [1.54, 1.807) is 11.9 Å². The van der Waals surface area contributed by atoms with Crippen LogP contribution in [-0.2, 0) is 14.4 Å². The highest BCUT2D eigenvalue weighted by Gasteiger charge is 2.56. The van der Waals surface area contributed by atoms with E-state index in [2.05, 4.69) is 0 Å². The number of carbonyl (C=O) groups excluding carboxylic acids is 3. The fourth-order valence-corrected chi connectivity index (χ4v) is 2.89. The first-order valence-electron chi connectivity index (χ1n) is 6.93. The van der Waals surface area contributed by atoms with E-state index in [4.69, 9.17) is 0 Å². The molecule has 1 fully saturated rings. The minimum atomic E-state index is -1.63. The van der Waals surface area contributed by atoms with Crippen LogP contribution in [0.4, 0.5) is 0 Å². The quantitative estimate of drug-likeness (QED) is 0.564. The lowest BCUT2D eigenvalue weighted by Gasteiger charge is -2.31. The second-order valence-electron chi connectivity index (χ2n) is 5.41. The Morgan fingerprint density at radius 2 is 2.35 bits per heavy atom. The molecule has 2 rings (SSSR count). The Morgan fingerprint density at radius 1 is 1.65 bits per heavy atom. The molecule has 1 unspecified atom stereocenters. The largest absolute Gasteiger partial charge is 0.366 e. The van der Waals surface area contributed by atoms with Gasteiger partial charge in [-0.25, -0.2) is 0 Å². The van der Waals surface area contributed by atoms with Crippen molar-refractivity contribution in [3.05, 3.63) is 11.6 Å². The fraction of sp³-hybridized carbons (Fsp3) is 0.643. The number of aldehydes is 1. The number of hydrogen-bond acceptors (Lipinski definition) is 4. The van der Waals surface area contributed by atoms with Crippen LogP contribution >= 0.6 is 0 Å². The summed E-state index contributed by atoms with van der Waals surface area (Å²) in [5, 5.41) is 10.6. The van der Waals surface area contributed by atoms with Gasteiger partial charge in [-0.3, -0.25) is 14.4 Å². The molecule has 2 heterocycles. The van der Waals surface area contributed by atoms with E-state index in [0.717, 1.165) is 12.8 Å². The molecule has 2 amide bonds. The Bertz CT molecular complexity index is 474. The van der Waals surface area contributed by atoms with E-state index in [9.17, 15) is 19.5 Å². The standard InChI is InChI=1S/C14H20N2O4/c1-3-4-6-15(2)13(19)11-5-7-16-12(18)10(9-17)8-14(11,16)20/h8-9,11,20H,3-7H2,1-2H3/t11-,14?/m0/s1. The second kappa shape index (κ2) is 5.36. The fourth-order valence-electron chi connectivity index (χ4n) is 2.89. The summed E-state index contributed by atoms with van der Waals surface area (Å²) in [4.78, 5) is 37.9. The average molecular weight is 280 g/mol. The van der Waals surface area contributed by atoms with Gasteiger partial charge < -0.3 is 14.9 Å². The van der Waals surface area contributed by atoms with Crippen molar-refractivity contribution in [2.45, 2.75) is 31.9 Å². The minimum absolute atomic E-state index is 0.0683. The Hall–Kier alpha value is -1.69. The summed E-state index contributed by atoms with van der Waals surface area (Å²) in [6, 6.07) is 0. The van der Waals surface area contributed by atoms with Gasteiger partial charge in [0.25, 0.3) is 5.91 Å². The molecular formula is C14H20N2O4. The second-order valence-corrected chi connectivity index (χ2v) is 5.41. The topological polar surface area (TPSA) is 77.9 Å². The van der Waals surface area contributed by atoms with Gasteiger partial charge in [0.1, 0.15) is 0 Å². The third kappa shape index (κ3) is 2.14. The van der Waals surface area contributed by atoms with Crippen molar-refractivity contribution >= 4 is 18.1 Å². The number of amides is 2. The molecule has 0 aromatic carbocycles. The van der Waals surface area contributed by atoms with Gasteiger partial charge in [-0.2, -0.15) is 0 Å². The number of nitrogens with zero attached hydrogens (tertiary/aromatic N) is 2. The lowest BCUT2D eigenvalue weighted by Crippen LogP contribution is -2.50. The summed E-state index contributed by atoms with van der Waals surface area (Å²) < 4.78 is 0. The number of carbonyl (C=O) groups is 3. The molecule has 20 heavy (non-hydrogen) atoms. The Morgan fingerprint density at radius 3 is 2.95 bits per heavy atom. The average Bonchev–Trinajstić information content (AvgIpc) is 2.89. The number of hydrogen-bond donors (Lipinski definition) is 1. The monoisotopic (exact) mass is 280 g/mol. The van der Waals surface area contributed by atoms with E-state index >= 15 is 0 Å². The van der Waals surface area contributed by atoms with Gasteiger partial charge in [0.15, 0.2) is 12.0 Å². The number of unbranched alkanes of at least 4 members (excludes halogenated alkanes) is 1. The van der Waals surface area contributed by atoms with E-state index in [1.807, 2.05) is 6.92 Å². The molecule has 0 radical (unpaired) electrons. The van der Waals surface area contributed by atoms with Crippen LogP contribution in [0.5, 0.6) is 0 Å². The van der Waals surface area contributed by atoms with Crippen LogP contribution in [-0.4, -0.2) is 58.9 Å². The van der Waals surface area contributed by atoms with Crippen LogP contribution in [0.2, 0.25) is 0 Å². The van der Waals surface area contributed by atoms with Crippen LogP contribution in [0.15, 0.2) is 11.6 Å². The van der Waals surface area contributed by atoms with Crippen LogP contribution in [0.1, 0.15) is 26.2 Å². The third-order valence-electron chi connectivity index (χ3n) is 4.10. The first-order chi connectivity index (χ1) is 9.45. The van der Waals surface area contributed by atoms with Crippen LogP contribution in [0.3, 0.4) is 0 Å². The van der Waals surface area contributed by atoms with Crippen molar-refractivity contribution in [3.63, 3.8) is 0 Å². The van der Waals surface area contributed by atoms with Gasteiger partial charge in [-0.05, 0) is 18.9 Å². The Balaban J connectivity index is 2.18. The molecule has 1 saturated heterocycles. The van der Waals surface area contributed by atoms with Crippen molar-refractivity contribution in [1.29, 1.82) is 0 Å². The normalized spacial score (nSPS) is 28.4. The van der Waals surface area contributed by atoms with Gasteiger partial charge >= 0.3 is 0 Å². The third-order valence-corrected chi connectivity index (χ3v) is 4.10. The molecule has 2 atom stereocenters. The van der Waals surface area contributed by atoms with Crippen molar-refractivity contribution in [2.75, 3.05) is 20.1 Å². The smallest absolute Gasteiger partial charge is 0.259 e. The molecule has 0 saturated carbocycles. The molecule has 1 N–H and O–H groups in total. The number of rotatable bonds is 5. The minimum Gasteiger partial charge on any atom is -0.366 e. The van der Waals surface area contributed by atoms with Gasteiger partial charge in [0, 0.05) is 20.1 Å².